The van der Waals surface area contributed by atoms with Gasteiger partial charge < -0.3 is 9.84 Å². The molecule has 1 atom stereocenters. The van der Waals surface area contributed by atoms with Crippen molar-refractivity contribution in [3.05, 3.63) is 28.7 Å². The molecule has 1 saturated heterocycles. The van der Waals surface area contributed by atoms with E-state index in [-0.39, 0.29) is 6.04 Å². The number of carboxylic acids is 1. The molecule has 1 fully saturated rings. The van der Waals surface area contributed by atoms with Crippen molar-refractivity contribution in [1.29, 1.82) is 0 Å². The average Bonchev–Trinajstić information content (AvgIpc) is 2.80. The Balaban J connectivity index is 1.78. The molecule has 1 N–H and O–H groups in total. The standard InChI is InChI=1S/C13H16BrNO3/c14-10-3-5-11(6-4-10)18-9-8-15-7-1-2-12(15)13(16)17/h3-6,12H,1-2,7-9H2,(H,16,17). The first-order valence-electron chi connectivity index (χ1n) is 6.02. The van der Waals surface area contributed by atoms with Crippen LogP contribution in [0.2, 0.25) is 0 Å². The summed E-state index contributed by atoms with van der Waals surface area (Å²) < 4.78 is 6.61. The van der Waals surface area contributed by atoms with E-state index in [4.69, 9.17) is 9.84 Å². The smallest absolute Gasteiger partial charge is 0.320 e. The highest BCUT2D eigenvalue weighted by molar-refractivity contribution is 9.10. The third kappa shape index (κ3) is 3.46. The van der Waals surface area contributed by atoms with Crippen LogP contribution in [0.15, 0.2) is 28.7 Å². The summed E-state index contributed by atoms with van der Waals surface area (Å²) in [5.74, 6) is 0.0837. The zero-order chi connectivity index (χ0) is 13.0. The molecule has 1 aliphatic heterocycles. The van der Waals surface area contributed by atoms with Crippen LogP contribution in [0.3, 0.4) is 0 Å². The van der Waals surface area contributed by atoms with Crippen LogP contribution in [-0.4, -0.2) is 41.7 Å². The molecule has 0 bridgehead atoms. The van der Waals surface area contributed by atoms with Gasteiger partial charge in [0.2, 0.25) is 0 Å². The van der Waals surface area contributed by atoms with Gasteiger partial charge in [-0.1, -0.05) is 15.9 Å². The second-order valence-electron chi connectivity index (χ2n) is 4.33. The number of likely N-dealkylation sites (tertiary alicyclic amines) is 1. The summed E-state index contributed by atoms with van der Waals surface area (Å²) in [4.78, 5) is 13.0. The fourth-order valence-electron chi connectivity index (χ4n) is 2.19. The van der Waals surface area contributed by atoms with Crippen molar-refractivity contribution in [3.8, 4) is 5.75 Å². The highest BCUT2D eigenvalue weighted by atomic mass is 79.9. The van der Waals surface area contributed by atoms with E-state index in [2.05, 4.69) is 15.9 Å². The van der Waals surface area contributed by atoms with E-state index in [1.54, 1.807) is 0 Å². The average molecular weight is 314 g/mol. The molecule has 0 saturated carbocycles. The summed E-state index contributed by atoms with van der Waals surface area (Å²) in [6, 6.07) is 7.29. The first-order valence-corrected chi connectivity index (χ1v) is 6.81. The molecule has 0 radical (unpaired) electrons. The summed E-state index contributed by atoms with van der Waals surface area (Å²) in [6.45, 7) is 2.03. The third-order valence-corrected chi connectivity index (χ3v) is 3.64. The lowest BCUT2D eigenvalue weighted by Gasteiger charge is -2.20. The monoisotopic (exact) mass is 313 g/mol. The second-order valence-corrected chi connectivity index (χ2v) is 5.25. The first-order chi connectivity index (χ1) is 8.66. The van der Waals surface area contributed by atoms with E-state index < -0.39 is 5.97 Å². The fraction of sp³-hybridized carbons (Fsp3) is 0.462. The minimum atomic E-state index is -0.726. The van der Waals surface area contributed by atoms with Gasteiger partial charge >= 0.3 is 5.97 Å². The van der Waals surface area contributed by atoms with Crippen molar-refractivity contribution in [3.63, 3.8) is 0 Å². The van der Waals surface area contributed by atoms with Crippen LogP contribution in [0.1, 0.15) is 12.8 Å². The van der Waals surface area contributed by atoms with E-state index in [1.165, 1.54) is 0 Å². The van der Waals surface area contributed by atoms with Crippen molar-refractivity contribution in [1.82, 2.24) is 4.90 Å². The number of carboxylic acid groups (broad SMARTS) is 1. The maximum absolute atomic E-state index is 11.0. The van der Waals surface area contributed by atoms with Crippen molar-refractivity contribution in [2.45, 2.75) is 18.9 Å². The molecule has 1 aromatic carbocycles. The van der Waals surface area contributed by atoms with Crippen molar-refractivity contribution >= 4 is 21.9 Å². The van der Waals surface area contributed by atoms with Gasteiger partial charge in [-0.2, -0.15) is 0 Å². The van der Waals surface area contributed by atoms with Crippen LogP contribution >= 0.6 is 15.9 Å². The molecule has 98 valence electrons. The van der Waals surface area contributed by atoms with Crippen LogP contribution < -0.4 is 4.74 Å². The topological polar surface area (TPSA) is 49.8 Å². The Labute approximate surface area is 115 Å². The van der Waals surface area contributed by atoms with Gasteiger partial charge in [0, 0.05) is 11.0 Å². The zero-order valence-corrected chi connectivity index (χ0v) is 11.6. The molecule has 4 nitrogen and oxygen atoms in total. The predicted octanol–water partition coefficient (Wildman–Crippen LogP) is 2.38. The predicted molar refractivity (Wildman–Crippen MR) is 71.9 cm³/mol. The fourth-order valence-corrected chi connectivity index (χ4v) is 2.45. The number of rotatable bonds is 5. The highest BCUT2D eigenvalue weighted by Gasteiger charge is 2.29. The van der Waals surface area contributed by atoms with Gasteiger partial charge in [0.05, 0.1) is 0 Å². The normalized spacial score (nSPS) is 19.9. The minimum Gasteiger partial charge on any atom is -0.492 e. The number of hydrogen-bond acceptors (Lipinski definition) is 3. The van der Waals surface area contributed by atoms with Gasteiger partial charge in [-0.3, -0.25) is 9.69 Å². The molecule has 1 aliphatic rings. The summed E-state index contributed by atoms with van der Waals surface area (Å²) in [5.41, 5.74) is 0. The van der Waals surface area contributed by atoms with Crippen molar-refractivity contribution < 1.29 is 14.6 Å². The summed E-state index contributed by atoms with van der Waals surface area (Å²) in [7, 11) is 0. The van der Waals surface area contributed by atoms with Crippen LogP contribution in [-0.2, 0) is 4.79 Å². The van der Waals surface area contributed by atoms with Crippen molar-refractivity contribution in [2.24, 2.45) is 0 Å². The number of nitrogens with zero attached hydrogens (tertiary/aromatic N) is 1. The Hall–Kier alpha value is -1.07. The van der Waals surface area contributed by atoms with E-state index >= 15 is 0 Å². The summed E-state index contributed by atoms with van der Waals surface area (Å²) in [5, 5.41) is 9.04. The summed E-state index contributed by atoms with van der Waals surface area (Å²) in [6.07, 6.45) is 1.70. The Kier molecular flexibility index (Phi) is 4.60. The van der Waals surface area contributed by atoms with Gasteiger partial charge in [-0.25, -0.2) is 0 Å². The maximum Gasteiger partial charge on any atom is 0.320 e. The number of ether oxygens (including phenoxy) is 1. The largest absolute Gasteiger partial charge is 0.492 e. The zero-order valence-electron chi connectivity index (χ0n) is 10.0. The molecule has 1 unspecified atom stereocenters. The Morgan fingerprint density at radius 3 is 2.83 bits per heavy atom. The SMILES string of the molecule is O=C(O)C1CCCN1CCOc1ccc(Br)cc1. The number of benzene rings is 1. The van der Waals surface area contributed by atoms with Crippen LogP contribution in [0.4, 0.5) is 0 Å². The molecular weight excluding hydrogens is 298 g/mol. The number of aliphatic carboxylic acids is 1. The maximum atomic E-state index is 11.0. The highest BCUT2D eigenvalue weighted by Crippen LogP contribution is 2.18. The molecule has 1 aromatic rings. The van der Waals surface area contributed by atoms with E-state index in [0.29, 0.717) is 13.2 Å². The molecule has 0 amide bonds. The van der Waals surface area contributed by atoms with Crippen LogP contribution in [0, 0.1) is 0 Å². The van der Waals surface area contributed by atoms with Crippen molar-refractivity contribution in [2.75, 3.05) is 19.7 Å². The third-order valence-electron chi connectivity index (χ3n) is 3.11. The lowest BCUT2D eigenvalue weighted by atomic mass is 10.2. The van der Waals surface area contributed by atoms with Crippen LogP contribution in [0.5, 0.6) is 5.75 Å². The number of carbonyl (C=O) groups is 1. The molecule has 1 heterocycles. The van der Waals surface area contributed by atoms with Gasteiger partial charge in [0.25, 0.3) is 0 Å². The lowest BCUT2D eigenvalue weighted by molar-refractivity contribution is -0.142. The molecule has 5 heteroatoms. The lowest BCUT2D eigenvalue weighted by Crippen LogP contribution is -2.38. The van der Waals surface area contributed by atoms with E-state index in [9.17, 15) is 4.79 Å². The van der Waals surface area contributed by atoms with Gasteiger partial charge in [0.1, 0.15) is 18.4 Å². The Bertz CT molecular complexity index is 407. The Morgan fingerprint density at radius 1 is 1.44 bits per heavy atom. The molecule has 0 aromatic heterocycles. The molecule has 0 spiro atoms. The quantitative estimate of drug-likeness (QED) is 0.906. The molecular formula is C13H16BrNO3. The Morgan fingerprint density at radius 2 is 2.17 bits per heavy atom. The summed E-state index contributed by atoms with van der Waals surface area (Å²) >= 11 is 3.36. The van der Waals surface area contributed by atoms with Gasteiger partial charge in [-0.15, -0.1) is 0 Å². The number of hydrogen-bond donors (Lipinski definition) is 1. The van der Waals surface area contributed by atoms with E-state index in [1.807, 2.05) is 29.2 Å². The van der Waals surface area contributed by atoms with Gasteiger partial charge in [0.15, 0.2) is 0 Å². The molecule has 0 aliphatic carbocycles. The second kappa shape index (κ2) is 6.20. The first kappa shape index (κ1) is 13.4. The van der Waals surface area contributed by atoms with Gasteiger partial charge in [-0.05, 0) is 43.7 Å². The number of halogens is 1. The van der Waals surface area contributed by atoms with Crippen LogP contribution in [0.25, 0.3) is 0 Å². The van der Waals surface area contributed by atoms with E-state index in [0.717, 1.165) is 29.6 Å². The molecule has 2 rings (SSSR count). The minimum absolute atomic E-state index is 0.335. The molecule has 18 heavy (non-hydrogen) atoms.